The van der Waals surface area contributed by atoms with E-state index in [2.05, 4.69) is 86.7 Å². The molecule has 0 aliphatic carbocycles. The predicted molar refractivity (Wildman–Crippen MR) is 124 cm³/mol. The van der Waals surface area contributed by atoms with Gasteiger partial charge >= 0.3 is 0 Å². The van der Waals surface area contributed by atoms with Crippen LogP contribution in [0.4, 0.5) is 5.69 Å². The highest BCUT2D eigenvalue weighted by Crippen LogP contribution is 2.44. The van der Waals surface area contributed by atoms with Crippen LogP contribution in [0.25, 0.3) is 11.4 Å². The van der Waals surface area contributed by atoms with Crippen LogP contribution in [0.15, 0.2) is 71.3 Å². The zero-order valence-corrected chi connectivity index (χ0v) is 18.4. The topological polar surface area (TPSA) is 51.0 Å². The van der Waals surface area contributed by atoms with Gasteiger partial charge in [0.05, 0.1) is 0 Å². The molecule has 1 aromatic heterocycles. The van der Waals surface area contributed by atoms with E-state index < -0.39 is 0 Å². The van der Waals surface area contributed by atoms with Crippen LogP contribution < -0.4 is 5.32 Å². The van der Waals surface area contributed by atoms with Gasteiger partial charge < -0.3 is 9.84 Å². The molecule has 156 valence electrons. The molecule has 0 saturated carbocycles. The van der Waals surface area contributed by atoms with Crippen molar-refractivity contribution >= 4 is 5.69 Å². The van der Waals surface area contributed by atoms with Crippen molar-refractivity contribution in [2.24, 2.45) is 0 Å². The van der Waals surface area contributed by atoms with Crippen LogP contribution in [0.5, 0.6) is 0 Å². The Kier molecular flexibility index (Phi) is 4.85. The molecule has 2 unspecified atom stereocenters. The van der Waals surface area contributed by atoms with Gasteiger partial charge in [-0.25, -0.2) is 0 Å². The molecule has 0 bridgehead atoms. The lowest BCUT2D eigenvalue weighted by Gasteiger charge is -2.21. The van der Waals surface area contributed by atoms with Gasteiger partial charge in [0.2, 0.25) is 5.82 Å². The summed E-state index contributed by atoms with van der Waals surface area (Å²) in [6.07, 6.45) is 0. The van der Waals surface area contributed by atoms with E-state index in [0.29, 0.717) is 17.6 Å². The number of aromatic nitrogens is 2. The molecule has 1 aliphatic rings. The number of rotatable bonds is 3. The van der Waals surface area contributed by atoms with Gasteiger partial charge in [-0.05, 0) is 40.7 Å². The number of benzene rings is 3. The van der Waals surface area contributed by atoms with Crippen LogP contribution in [0.1, 0.15) is 72.4 Å². The summed E-state index contributed by atoms with van der Waals surface area (Å²) in [5, 5.41) is 8.13. The summed E-state index contributed by atoms with van der Waals surface area (Å²) < 4.78 is 5.85. The van der Waals surface area contributed by atoms with Crippen LogP contribution in [0.2, 0.25) is 0 Å². The van der Waals surface area contributed by atoms with Gasteiger partial charge in [0, 0.05) is 17.2 Å². The number of para-hydroxylation sites is 1. The third-order valence-corrected chi connectivity index (χ3v) is 6.35. The number of nitrogens with one attached hydrogen (secondary N) is 1. The molecule has 1 N–H and O–H groups in total. The maximum Gasteiger partial charge on any atom is 0.254 e. The summed E-state index contributed by atoms with van der Waals surface area (Å²) in [5.41, 5.74) is 8.39. The first-order valence-corrected chi connectivity index (χ1v) is 10.9. The van der Waals surface area contributed by atoms with Crippen molar-refractivity contribution in [3.63, 3.8) is 0 Å². The summed E-state index contributed by atoms with van der Waals surface area (Å²) in [5.74, 6) is 1.88. The third kappa shape index (κ3) is 3.32. The fourth-order valence-corrected chi connectivity index (χ4v) is 4.64. The summed E-state index contributed by atoms with van der Waals surface area (Å²) in [7, 11) is 0. The Morgan fingerprint density at radius 1 is 0.871 bits per heavy atom. The van der Waals surface area contributed by atoms with E-state index in [4.69, 9.17) is 9.51 Å². The molecule has 2 atom stereocenters. The van der Waals surface area contributed by atoms with Crippen LogP contribution in [0.3, 0.4) is 0 Å². The van der Waals surface area contributed by atoms with Crippen molar-refractivity contribution in [3.8, 4) is 11.4 Å². The van der Waals surface area contributed by atoms with Gasteiger partial charge in [-0.1, -0.05) is 92.7 Å². The van der Waals surface area contributed by atoms with Gasteiger partial charge in [-0.2, -0.15) is 4.98 Å². The quantitative estimate of drug-likeness (QED) is 0.403. The Hall–Kier alpha value is -3.40. The minimum absolute atomic E-state index is 0.204. The molecule has 0 saturated heterocycles. The smallest absolute Gasteiger partial charge is 0.254 e. The summed E-state index contributed by atoms with van der Waals surface area (Å²) in [4.78, 5) is 4.84. The number of fused-ring (bicyclic) bond motifs is 2. The van der Waals surface area contributed by atoms with Gasteiger partial charge in [0.15, 0.2) is 0 Å². The van der Waals surface area contributed by atoms with Crippen LogP contribution in [0, 0.1) is 6.92 Å². The highest BCUT2D eigenvalue weighted by molar-refractivity contribution is 5.66. The summed E-state index contributed by atoms with van der Waals surface area (Å²) >= 11 is 0. The average Bonchev–Trinajstić information content (AvgIpc) is 3.22. The SMILES string of the molecule is Cc1ccccc1-c1noc(C2Nc3c(C(C)C)cccc3C(C)c3ccccc32)n1. The molecule has 0 radical (unpaired) electrons. The number of aryl methyl sites for hydroxylation is 1. The van der Waals surface area contributed by atoms with Crippen molar-refractivity contribution in [1.82, 2.24) is 10.1 Å². The van der Waals surface area contributed by atoms with Crippen LogP contribution >= 0.6 is 0 Å². The summed E-state index contributed by atoms with van der Waals surface area (Å²) in [6.45, 7) is 8.81. The lowest BCUT2D eigenvalue weighted by molar-refractivity contribution is 0.372. The van der Waals surface area contributed by atoms with Crippen molar-refractivity contribution in [2.75, 3.05) is 5.32 Å². The second-order valence-corrected chi connectivity index (χ2v) is 8.67. The van der Waals surface area contributed by atoms with E-state index in [-0.39, 0.29) is 12.0 Å². The lowest BCUT2D eigenvalue weighted by Crippen LogP contribution is -2.14. The number of hydrogen-bond acceptors (Lipinski definition) is 4. The first-order valence-electron chi connectivity index (χ1n) is 10.9. The van der Waals surface area contributed by atoms with Crippen LogP contribution in [-0.4, -0.2) is 10.1 Å². The van der Waals surface area contributed by atoms with Crippen molar-refractivity contribution in [3.05, 3.63) is 100 Å². The highest BCUT2D eigenvalue weighted by Gasteiger charge is 2.32. The van der Waals surface area contributed by atoms with E-state index in [1.54, 1.807) is 0 Å². The molecular weight excluding hydrogens is 382 g/mol. The Bertz CT molecular complexity index is 1240. The molecule has 4 heteroatoms. The van der Waals surface area contributed by atoms with Gasteiger partial charge in [-0.15, -0.1) is 0 Å². The monoisotopic (exact) mass is 409 g/mol. The first-order chi connectivity index (χ1) is 15.0. The standard InChI is InChI=1S/C27H27N3O/c1-16(2)19-14-9-15-22-18(4)21-12-7-8-13-23(21)25(28-24(19)22)27-29-26(30-31-27)20-11-6-5-10-17(20)3/h5-16,18,25,28H,1-4H3. The minimum Gasteiger partial charge on any atom is -0.370 e. The minimum atomic E-state index is -0.204. The molecule has 4 aromatic rings. The van der Waals surface area contributed by atoms with E-state index >= 15 is 0 Å². The number of anilines is 1. The largest absolute Gasteiger partial charge is 0.370 e. The van der Waals surface area contributed by atoms with Crippen molar-refractivity contribution in [1.29, 1.82) is 0 Å². The molecule has 5 rings (SSSR count). The molecule has 31 heavy (non-hydrogen) atoms. The Morgan fingerprint density at radius 3 is 2.35 bits per heavy atom. The molecule has 4 nitrogen and oxygen atoms in total. The van der Waals surface area contributed by atoms with E-state index in [1.165, 1.54) is 27.9 Å². The normalized spacial score (nSPS) is 17.6. The number of hydrogen-bond donors (Lipinski definition) is 1. The maximum atomic E-state index is 5.85. The lowest BCUT2D eigenvalue weighted by atomic mass is 9.87. The summed E-state index contributed by atoms with van der Waals surface area (Å²) in [6, 6.07) is 23.1. The molecular formula is C27H27N3O. The van der Waals surface area contributed by atoms with E-state index in [0.717, 1.165) is 11.1 Å². The molecule has 0 spiro atoms. The predicted octanol–water partition coefficient (Wildman–Crippen LogP) is 6.84. The zero-order valence-electron chi connectivity index (χ0n) is 18.4. The first kappa shape index (κ1) is 19.6. The molecule has 0 amide bonds. The Balaban J connectivity index is 1.67. The highest BCUT2D eigenvalue weighted by atomic mass is 16.5. The second kappa shape index (κ2) is 7.69. The zero-order chi connectivity index (χ0) is 21.5. The molecule has 3 aromatic carbocycles. The second-order valence-electron chi connectivity index (χ2n) is 8.67. The van der Waals surface area contributed by atoms with Crippen LogP contribution in [-0.2, 0) is 0 Å². The fourth-order valence-electron chi connectivity index (χ4n) is 4.64. The molecule has 0 fully saturated rings. The van der Waals surface area contributed by atoms with E-state index in [9.17, 15) is 0 Å². The molecule has 1 aliphatic heterocycles. The van der Waals surface area contributed by atoms with Gasteiger partial charge in [0.1, 0.15) is 6.04 Å². The Morgan fingerprint density at radius 2 is 1.58 bits per heavy atom. The van der Waals surface area contributed by atoms with Crippen molar-refractivity contribution in [2.45, 2.75) is 45.6 Å². The molecule has 2 heterocycles. The van der Waals surface area contributed by atoms with Gasteiger partial charge in [0.25, 0.3) is 5.89 Å². The van der Waals surface area contributed by atoms with Gasteiger partial charge in [-0.3, -0.25) is 0 Å². The van der Waals surface area contributed by atoms with E-state index in [1.807, 2.05) is 18.2 Å². The average molecular weight is 410 g/mol. The fraction of sp³-hybridized carbons (Fsp3) is 0.259. The van der Waals surface area contributed by atoms with Crippen molar-refractivity contribution < 1.29 is 4.52 Å². The maximum absolute atomic E-state index is 5.85. The third-order valence-electron chi connectivity index (χ3n) is 6.35. The Labute approximate surface area is 183 Å². The number of nitrogens with zero attached hydrogens (tertiary/aromatic N) is 2.